The van der Waals surface area contributed by atoms with E-state index in [0.717, 1.165) is 17.2 Å². The summed E-state index contributed by atoms with van der Waals surface area (Å²) in [7, 11) is -4.11. The van der Waals surface area contributed by atoms with Gasteiger partial charge in [-0.15, -0.1) is 0 Å². The number of hydrazine groups is 1. The van der Waals surface area contributed by atoms with Gasteiger partial charge in [0.2, 0.25) is 10.0 Å². The van der Waals surface area contributed by atoms with Gasteiger partial charge in [0.05, 0.1) is 5.02 Å². The van der Waals surface area contributed by atoms with Gasteiger partial charge in [0.15, 0.2) is 6.61 Å². The lowest BCUT2D eigenvalue weighted by atomic mass is 10.1. The van der Waals surface area contributed by atoms with E-state index in [4.69, 9.17) is 21.5 Å². The van der Waals surface area contributed by atoms with Gasteiger partial charge in [-0.2, -0.15) is 0 Å². The minimum absolute atomic E-state index is 0.0518. The number of hydrogen-bond donors (Lipinski definition) is 3. The van der Waals surface area contributed by atoms with E-state index in [0.29, 0.717) is 5.75 Å². The second-order valence-corrected chi connectivity index (χ2v) is 8.28. The summed E-state index contributed by atoms with van der Waals surface area (Å²) in [6.45, 7) is -0.354. The van der Waals surface area contributed by atoms with Crippen LogP contribution in [0.3, 0.4) is 0 Å². The molecule has 0 saturated heterocycles. The second kappa shape index (κ2) is 9.61. The van der Waals surface area contributed by atoms with E-state index in [1.165, 1.54) is 12.1 Å². The highest BCUT2D eigenvalue weighted by atomic mass is 35.5. The number of para-hydroxylation sites is 1. The number of ether oxygens (including phenoxy) is 1. The Morgan fingerprint density at radius 2 is 1.61 bits per heavy atom. The number of nitrogens with two attached hydrogens (primary N) is 1. The van der Waals surface area contributed by atoms with E-state index in [1.54, 1.807) is 12.1 Å². The molecule has 3 aromatic carbocycles. The highest BCUT2D eigenvalue weighted by Crippen LogP contribution is 2.29. The van der Waals surface area contributed by atoms with Crippen LogP contribution in [0.25, 0.3) is 11.1 Å². The molecule has 2 amide bonds. The summed E-state index contributed by atoms with van der Waals surface area (Å²) in [6, 6.07) is 20.3. The summed E-state index contributed by atoms with van der Waals surface area (Å²) in [4.78, 5) is 23.9. The first kappa shape index (κ1) is 22.3. The van der Waals surface area contributed by atoms with E-state index in [2.05, 4.69) is 10.9 Å². The highest BCUT2D eigenvalue weighted by Gasteiger charge is 2.17. The quantitative estimate of drug-likeness (QED) is 0.488. The molecule has 4 N–H and O–H groups in total. The molecule has 0 fully saturated rings. The zero-order valence-corrected chi connectivity index (χ0v) is 17.6. The Morgan fingerprint density at radius 3 is 2.32 bits per heavy atom. The smallest absolute Gasteiger partial charge is 0.276 e. The highest BCUT2D eigenvalue weighted by molar-refractivity contribution is 7.89. The van der Waals surface area contributed by atoms with E-state index in [-0.39, 0.29) is 17.2 Å². The molecule has 31 heavy (non-hydrogen) atoms. The van der Waals surface area contributed by atoms with E-state index >= 15 is 0 Å². The number of carbonyl (C=O) groups is 2. The Balaban J connectivity index is 1.60. The molecule has 8 nitrogen and oxygen atoms in total. The Labute approximate surface area is 184 Å². The van der Waals surface area contributed by atoms with Crippen molar-refractivity contribution in [1.29, 1.82) is 0 Å². The number of rotatable bonds is 6. The molecule has 3 aromatic rings. The summed E-state index contributed by atoms with van der Waals surface area (Å²) >= 11 is 5.79. The number of amides is 2. The van der Waals surface area contributed by atoms with Crippen molar-refractivity contribution in [3.8, 4) is 16.9 Å². The third kappa shape index (κ3) is 5.82. The number of halogens is 1. The van der Waals surface area contributed by atoms with E-state index in [1.807, 2.05) is 42.5 Å². The van der Waals surface area contributed by atoms with Crippen LogP contribution in [0, 0.1) is 0 Å². The zero-order valence-electron chi connectivity index (χ0n) is 16.0. The molecule has 0 aromatic heterocycles. The van der Waals surface area contributed by atoms with Crippen molar-refractivity contribution in [3.63, 3.8) is 0 Å². The Bertz CT molecular complexity index is 1220. The molecule has 0 saturated carbocycles. The second-order valence-electron chi connectivity index (χ2n) is 6.34. The molecule has 0 spiro atoms. The van der Waals surface area contributed by atoms with Crippen LogP contribution in [-0.2, 0) is 14.8 Å². The van der Waals surface area contributed by atoms with Gasteiger partial charge in [0, 0.05) is 11.1 Å². The third-order valence-corrected chi connectivity index (χ3v) is 5.54. The van der Waals surface area contributed by atoms with Gasteiger partial charge in [-0.05, 0) is 29.8 Å². The monoisotopic (exact) mass is 459 g/mol. The van der Waals surface area contributed by atoms with E-state index in [9.17, 15) is 18.0 Å². The summed E-state index contributed by atoms with van der Waals surface area (Å²) in [5, 5.41) is 4.95. The lowest BCUT2D eigenvalue weighted by Gasteiger charge is -2.12. The number of hydrogen-bond acceptors (Lipinski definition) is 5. The number of primary sulfonamides is 1. The van der Waals surface area contributed by atoms with Crippen molar-refractivity contribution in [2.75, 3.05) is 6.61 Å². The summed E-state index contributed by atoms with van der Waals surface area (Å²) in [5.41, 5.74) is 6.08. The molecule has 0 aliphatic heterocycles. The van der Waals surface area contributed by atoms with Gasteiger partial charge in [-0.3, -0.25) is 20.4 Å². The Hall–Kier alpha value is -3.40. The lowest BCUT2D eigenvalue weighted by Crippen LogP contribution is -2.43. The summed E-state index contributed by atoms with van der Waals surface area (Å²) < 4.78 is 28.6. The molecule has 0 radical (unpaired) electrons. The lowest BCUT2D eigenvalue weighted by molar-refractivity contribution is -0.123. The zero-order chi connectivity index (χ0) is 22.4. The van der Waals surface area contributed by atoms with Crippen molar-refractivity contribution >= 4 is 33.4 Å². The first-order valence-corrected chi connectivity index (χ1v) is 10.9. The molecule has 3 rings (SSSR count). The van der Waals surface area contributed by atoms with Gasteiger partial charge in [0.1, 0.15) is 10.6 Å². The number of carbonyl (C=O) groups excluding carboxylic acids is 2. The molecule has 0 unspecified atom stereocenters. The Morgan fingerprint density at radius 1 is 0.935 bits per heavy atom. The number of nitrogens with one attached hydrogen (secondary N) is 2. The third-order valence-electron chi connectivity index (χ3n) is 4.15. The molecule has 0 heterocycles. The maximum absolute atomic E-state index is 12.2. The van der Waals surface area contributed by atoms with Gasteiger partial charge >= 0.3 is 0 Å². The molecule has 0 aliphatic carbocycles. The SMILES string of the molecule is NS(=O)(=O)c1cc(C(=O)NNC(=O)COc2ccccc2-c2ccccc2)ccc1Cl. The first-order chi connectivity index (χ1) is 14.8. The van der Waals surface area contributed by atoms with Crippen LogP contribution in [0.15, 0.2) is 77.7 Å². The van der Waals surface area contributed by atoms with Crippen molar-refractivity contribution in [3.05, 3.63) is 83.4 Å². The van der Waals surface area contributed by atoms with Gasteiger partial charge in [-0.1, -0.05) is 60.1 Å². The maximum atomic E-state index is 12.2. The van der Waals surface area contributed by atoms with Crippen molar-refractivity contribution in [2.45, 2.75) is 4.90 Å². The minimum atomic E-state index is -4.11. The fourth-order valence-electron chi connectivity index (χ4n) is 2.69. The molecule has 0 bridgehead atoms. The van der Waals surface area contributed by atoms with Gasteiger partial charge in [0.25, 0.3) is 11.8 Å². The standard InChI is InChI=1S/C21H18ClN3O5S/c22-17-11-10-15(12-19(17)31(23,28)29)21(27)25-24-20(26)13-30-18-9-5-4-8-16(18)14-6-2-1-3-7-14/h1-12H,13H2,(H,24,26)(H,25,27)(H2,23,28,29). The number of benzene rings is 3. The van der Waals surface area contributed by atoms with Crippen molar-refractivity contribution in [2.24, 2.45) is 5.14 Å². The van der Waals surface area contributed by atoms with Crippen LogP contribution in [0.4, 0.5) is 0 Å². The number of sulfonamides is 1. The van der Waals surface area contributed by atoms with Crippen LogP contribution in [0.1, 0.15) is 10.4 Å². The average Bonchev–Trinajstić information content (AvgIpc) is 2.76. The predicted molar refractivity (Wildman–Crippen MR) is 116 cm³/mol. The largest absolute Gasteiger partial charge is 0.483 e. The molecular formula is C21H18ClN3O5S. The molecule has 160 valence electrons. The van der Waals surface area contributed by atoms with Crippen LogP contribution >= 0.6 is 11.6 Å². The van der Waals surface area contributed by atoms with Gasteiger partial charge in [-0.25, -0.2) is 13.6 Å². The van der Waals surface area contributed by atoms with E-state index < -0.39 is 26.7 Å². The topological polar surface area (TPSA) is 128 Å². The predicted octanol–water partition coefficient (Wildman–Crippen LogP) is 2.49. The molecule has 0 aliphatic rings. The Kier molecular flexibility index (Phi) is 6.91. The molecule has 10 heteroatoms. The summed E-state index contributed by atoms with van der Waals surface area (Å²) in [6.07, 6.45) is 0. The first-order valence-electron chi connectivity index (χ1n) is 8.94. The fraction of sp³-hybridized carbons (Fsp3) is 0.0476. The molecular weight excluding hydrogens is 442 g/mol. The maximum Gasteiger partial charge on any atom is 0.276 e. The van der Waals surface area contributed by atoms with Crippen molar-refractivity contribution < 1.29 is 22.7 Å². The fourth-order valence-corrected chi connectivity index (χ4v) is 3.76. The van der Waals surface area contributed by atoms with Crippen LogP contribution < -0.4 is 20.7 Å². The molecule has 0 atom stereocenters. The van der Waals surface area contributed by atoms with Gasteiger partial charge < -0.3 is 4.74 Å². The average molecular weight is 460 g/mol. The van der Waals surface area contributed by atoms with Crippen LogP contribution in [0.2, 0.25) is 5.02 Å². The van der Waals surface area contributed by atoms with Crippen LogP contribution in [0.5, 0.6) is 5.75 Å². The minimum Gasteiger partial charge on any atom is -0.483 e. The summed E-state index contributed by atoms with van der Waals surface area (Å²) in [5.74, 6) is -0.859. The van der Waals surface area contributed by atoms with Crippen molar-refractivity contribution in [1.82, 2.24) is 10.9 Å². The van der Waals surface area contributed by atoms with Crippen LogP contribution in [-0.4, -0.2) is 26.8 Å². The normalized spacial score (nSPS) is 10.9.